The standard InChI is InChI=1S/C18H19N3O3/c1-11-17(22)20-16-14(5-4-6-15(16)24-11)19-18(23)12-7-9-13(10-8-12)21(2)3/h4-11H,1-3H3,(H,19,23)(H,20,22). The van der Waals surface area contributed by atoms with Crippen molar-refractivity contribution in [2.24, 2.45) is 0 Å². The highest BCUT2D eigenvalue weighted by molar-refractivity contribution is 6.09. The lowest BCUT2D eigenvalue weighted by molar-refractivity contribution is -0.122. The van der Waals surface area contributed by atoms with E-state index >= 15 is 0 Å². The van der Waals surface area contributed by atoms with Gasteiger partial charge in [0.25, 0.3) is 11.8 Å². The molecule has 6 heteroatoms. The average Bonchev–Trinajstić information content (AvgIpc) is 2.56. The zero-order chi connectivity index (χ0) is 17.3. The summed E-state index contributed by atoms with van der Waals surface area (Å²) in [5.74, 6) is 0.0592. The van der Waals surface area contributed by atoms with Gasteiger partial charge < -0.3 is 20.3 Å². The molecule has 0 bridgehead atoms. The predicted molar refractivity (Wildman–Crippen MR) is 93.9 cm³/mol. The van der Waals surface area contributed by atoms with Gasteiger partial charge in [-0.05, 0) is 43.3 Å². The van der Waals surface area contributed by atoms with E-state index in [1.54, 1.807) is 37.3 Å². The van der Waals surface area contributed by atoms with Crippen molar-refractivity contribution < 1.29 is 14.3 Å². The molecule has 2 N–H and O–H groups in total. The summed E-state index contributed by atoms with van der Waals surface area (Å²) in [4.78, 5) is 26.2. The lowest BCUT2D eigenvalue weighted by Crippen LogP contribution is -2.34. The Morgan fingerprint density at radius 2 is 1.88 bits per heavy atom. The summed E-state index contributed by atoms with van der Waals surface area (Å²) in [6.45, 7) is 1.68. The van der Waals surface area contributed by atoms with Crippen LogP contribution in [0.3, 0.4) is 0 Å². The lowest BCUT2D eigenvalue weighted by Gasteiger charge is -2.25. The van der Waals surface area contributed by atoms with Gasteiger partial charge in [-0.3, -0.25) is 9.59 Å². The van der Waals surface area contributed by atoms with Crippen LogP contribution in [0.5, 0.6) is 5.75 Å². The van der Waals surface area contributed by atoms with Crippen molar-refractivity contribution in [1.82, 2.24) is 0 Å². The maximum absolute atomic E-state index is 12.4. The Balaban J connectivity index is 1.82. The second kappa shape index (κ2) is 6.23. The molecule has 3 rings (SSSR count). The number of amides is 2. The predicted octanol–water partition coefficient (Wildman–Crippen LogP) is 2.72. The molecular weight excluding hydrogens is 306 g/mol. The number of anilines is 3. The van der Waals surface area contributed by atoms with Gasteiger partial charge in [0.05, 0.1) is 5.69 Å². The van der Waals surface area contributed by atoms with Crippen molar-refractivity contribution in [2.45, 2.75) is 13.0 Å². The molecule has 0 saturated carbocycles. The van der Waals surface area contributed by atoms with Crippen LogP contribution in [0.1, 0.15) is 17.3 Å². The zero-order valence-corrected chi connectivity index (χ0v) is 13.8. The van der Waals surface area contributed by atoms with Crippen LogP contribution in [-0.4, -0.2) is 32.0 Å². The Hall–Kier alpha value is -3.02. The van der Waals surface area contributed by atoms with E-state index in [1.165, 1.54) is 0 Å². The van der Waals surface area contributed by atoms with Crippen LogP contribution < -0.4 is 20.3 Å². The third-order valence-corrected chi connectivity index (χ3v) is 3.84. The number of carbonyl (C=O) groups excluding carboxylic acids is 2. The maximum atomic E-state index is 12.4. The average molecular weight is 325 g/mol. The third kappa shape index (κ3) is 3.03. The Kier molecular flexibility index (Phi) is 4.12. The fourth-order valence-corrected chi connectivity index (χ4v) is 2.44. The van der Waals surface area contributed by atoms with E-state index in [2.05, 4.69) is 10.6 Å². The summed E-state index contributed by atoms with van der Waals surface area (Å²) >= 11 is 0. The highest BCUT2D eigenvalue weighted by Crippen LogP contribution is 2.36. The Labute approximate surface area is 140 Å². The SMILES string of the molecule is CC1Oc2cccc(NC(=O)c3ccc(N(C)C)cc3)c2NC1=O. The normalized spacial score (nSPS) is 15.8. The summed E-state index contributed by atoms with van der Waals surface area (Å²) < 4.78 is 5.55. The zero-order valence-electron chi connectivity index (χ0n) is 13.8. The number of nitrogens with one attached hydrogen (secondary N) is 2. The van der Waals surface area contributed by atoms with E-state index in [0.29, 0.717) is 22.7 Å². The lowest BCUT2D eigenvalue weighted by atomic mass is 10.1. The molecule has 0 spiro atoms. The molecule has 2 amide bonds. The van der Waals surface area contributed by atoms with Crippen LogP contribution in [0.15, 0.2) is 42.5 Å². The molecule has 24 heavy (non-hydrogen) atoms. The fourth-order valence-electron chi connectivity index (χ4n) is 2.44. The molecule has 0 aliphatic carbocycles. The number of ether oxygens (including phenoxy) is 1. The van der Waals surface area contributed by atoms with Crippen LogP contribution in [0.4, 0.5) is 17.1 Å². The van der Waals surface area contributed by atoms with E-state index in [-0.39, 0.29) is 11.8 Å². The minimum atomic E-state index is -0.554. The minimum Gasteiger partial charge on any atom is -0.479 e. The summed E-state index contributed by atoms with van der Waals surface area (Å²) in [7, 11) is 3.88. The fraction of sp³-hybridized carbons (Fsp3) is 0.222. The second-order valence-electron chi connectivity index (χ2n) is 5.82. The smallest absolute Gasteiger partial charge is 0.265 e. The molecule has 2 aromatic carbocycles. The van der Waals surface area contributed by atoms with Crippen LogP contribution in [0, 0.1) is 0 Å². The first kappa shape index (κ1) is 15.9. The molecule has 1 heterocycles. The van der Waals surface area contributed by atoms with Crippen molar-refractivity contribution in [1.29, 1.82) is 0 Å². The summed E-state index contributed by atoms with van der Waals surface area (Å²) in [5, 5.41) is 5.60. The third-order valence-electron chi connectivity index (χ3n) is 3.84. The molecule has 0 saturated heterocycles. The van der Waals surface area contributed by atoms with E-state index < -0.39 is 6.10 Å². The maximum Gasteiger partial charge on any atom is 0.265 e. The molecule has 0 aromatic heterocycles. The molecule has 0 fully saturated rings. The molecule has 124 valence electrons. The number of nitrogens with zero attached hydrogens (tertiary/aromatic N) is 1. The number of hydrogen-bond donors (Lipinski definition) is 2. The molecule has 1 unspecified atom stereocenters. The van der Waals surface area contributed by atoms with Crippen molar-refractivity contribution in [3.63, 3.8) is 0 Å². The van der Waals surface area contributed by atoms with Gasteiger partial charge >= 0.3 is 0 Å². The van der Waals surface area contributed by atoms with E-state index in [4.69, 9.17) is 4.74 Å². The first-order valence-corrected chi connectivity index (χ1v) is 7.65. The van der Waals surface area contributed by atoms with Gasteiger partial charge in [0.2, 0.25) is 0 Å². The van der Waals surface area contributed by atoms with Gasteiger partial charge in [-0.15, -0.1) is 0 Å². The van der Waals surface area contributed by atoms with E-state index in [9.17, 15) is 9.59 Å². The Bertz CT molecular complexity index is 785. The summed E-state index contributed by atoms with van der Waals surface area (Å²) in [6.07, 6.45) is -0.554. The summed E-state index contributed by atoms with van der Waals surface area (Å²) in [5.41, 5.74) is 2.54. The molecule has 0 radical (unpaired) electrons. The van der Waals surface area contributed by atoms with Crippen LogP contribution >= 0.6 is 0 Å². The van der Waals surface area contributed by atoms with E-state index in [1.807, 2.05) is 31.1 Å². The molecule has 1 atom stereocenters. The number of carbonyl (C=O) groups is 2. The Morgan fingerprint density at radius 3 is 2.54 bits per heavy atom. The number of para-hydroxylation sites is 1. The highest BCUT2D eigenvalue weighted by atomic mass is 16.5. The number of rotatable bonds is 3. The highest BCUT2D eigenvalue weighted by Gasteiger charge is 2.26. The van der Waals surface area contributed by atoms with Crippen molar-refractivity contribution >= 4 is 28.9 Å². The molecule has 6 nitrogen and oxygen atoms in total. The van der Waals surface area contributed by atoms with E-state index in [0.717, 1.165) is 5.69 Å². The second-order valence-corrected chi connectivity index (χ2v) is 5.82. The van der Waals surface area contributed by atoms with Crippen LogP contribution in [0.25, 0.3) is 0 Å². The topological polar surface area (TPSA) is 70.7 Å². The quantitative estimate of drug-likeness (QED) is 0.910. The van der Waals surface area contributed by atoms with Gasteiger partial charge in [0.15, 0.2) is 6.10 Å². The van der Waals surface area contributed by atoms with Gasteiger partial charge in [-0.2, -0.15) is 0 Å². The van der Waals surface area contributed by atoms with Crippen molar-refractivity contribution in [3.05, 3.63) is 48.0 Å². The minimum absolute atomic E-state index is 0.237. The van der Waals surface area contributed by atoms with Gasteiger partial charge in [0.1, 0.15) is 11.4 Å². The monoisotopic (exact) mass is 325 g/mol. The van der Waals surface area contributed by atoms with Gasteiger partial charge in [0, 0.05) is 25.3 Å². The van der Waals surface area contributed by atoms with Gasteiger partial charge in [-0.1, -0.05) is 6.07 Å². The molecular formula is C18H19N3O3. The molecule has 1 aliphatic heterocycles. The largest absolute Gasteiger partial charge is 0.479 e. The van der Waals surface area contributed by atoms with Crippen LogP contribution in [0.2, 0.25) is 0 Å². The van der Waals surface area contributed by atoms with Crippen LogP contribution in [-0.2, 0) is 4.79 Å². The number of benzene rings is 2. The Morgan fingerprint density at radius 1 is 1.17 bits per heavy atom. The summed E-state index contributed by atoms with van der Waals surface area (Å²) in [6, 6.07) is 12.5. The molecule has 1 aliphatic rings. The first-order chi connectivity index (χ1) is 11.5. The number of fused-ring (bicyclic) bond motifs is 1. The molecule has 2 aromatic rings. The van der Waals surface area contributed by atoms with Crippen molar-refractivity contribution in [2.75, 3.05) is 29.6 Å². The van der Waals surface area contributed by atoms with Gasteiger partial charge in [-0.25, -0.2) is 0 Å². The first-order valence-electron chi connectivity index (χ1n) is 7.65. The number of hydrogen-bond acceptors (Lipinski definition) is 4. The van der Waals surface area contributed by atoms with Crippen molar-refractivity contribution in [3.8, 4) is 5.75 Å².